The van der Waals surface area contributed by atoms with E-state index in [-0.39, 0.29) is 13.2 Å². The van der Waals surface area contributed by atoms with Crippen molar-refractivity contribution in [3.8, 4) is 0 Å². The van der Waals surface area contributed by atoms with Gasteiger partial charge in [0.05, 0.1) is 13.2 Å². The summed E-state index contributed by atoms with van der Waals surface area (Å²) in [5, 5.41) is 17.1. The third-order valence-electron chi connectivity index (χ3n) is 1.23. The molecule has 0 aliphatic heterocycles. The molecule has 0 unspecified atom stereocenters. The molecule has 2 N–H and O–H groups in total. The number of carbonyl (C=O) groups is 1. The summed E-state index contributed by atoms with van der Waals surface area (Å²) in [6, 6.07) is 0. The van der Waals surface area contributed by atoms with Crippen molar-refractivity contribution in [2.75, 3.05) is 13.2 Å². The number of ether oxygens (including phenoxy) is 1. The van der Waals surface area contributed by atoms with Crippen LogP contribution in [0, 0.1) is 0 Å². The van der Waals surface area contributed by atoms with Crippen LogP contribution in [-0.4, -0.2) is 35.5 Å². The van der Waals surface area contributed by atoms with Crippen molar-refractivity contribution in [2.45, 2.75) is 13.0 Å². The highest BCUT2D eigenvalue weighted by Crippen LogP contribution is 1.91. The van der Waals surface area contributed by atoms with E-state index in [9.17, 15) is 4.79 Å². The van der Waals surface area contributed by atoms with Gasteiger partial charge in [-0.3, -0.25) is 0 Å². The Kier molecular flexibility index (Phi) is 6.86. The Morgan fingerprint density at radius 2 is 2.00 bits per heavy atom. The van der Waals surface area contributed by atoms with Gasteiger partial charge in [0.2, 0.25) is 0 Å². The zero-order chi connectivity index (χ0) is 10.1. The number of carbonyl (C=O) groups excluding carboxylic acids is 1. The molecule has 0 spiro atoms. The molecule has 0 radical (unpaired) electrons. The normalized spacial score (nSPS) is 11.7. The first kappa shape index (κ1) is 11.9. The van der Waals surface area contributed by atoms with Crippen LogP contribution in [0.1, 0.15) is 6.92 Å². The van der Waals surface area contributed by atoms with Crippen molar-refractivity contribution >= 4 is 5.97 Å². The molecule has 0 aliphatic rings. The second-order valence-corrected chi connectivity index (χ2v) is 2.31. The van der Waals surface area contributed by atoms with Crippen molar-refractivity contribution in [3.05, 3.63) is 24.3 Å². The van der Waals surface area contributed by atoms with Crippen LogP contribution in [-0.2, 0) is 9.53 Å². The Balaban J connectivity index is 3.85. The summed E-state index contributed by atoms with van der Waals surface area (Å²) in [6.45, 7) is 1.07. The molecule has 0 atom stereocenters. The molecule has 74 valence electrons. The molecular weight excluding hydrogens is 172 g/mol. The van der Waals surface area contributed by atoms with Gasteiger partial charge in [0.15, 0.2) is 0 Å². The quantitative estimate of drug-likeness (QED) is 0.361. The Morgan fingerprint density at radius 3 is 2.46 bits per heavy atom. The van der Waals surface area contributed by atoms with E-state index in [4.69, 9.17) is 10.2 Å². The van der Waals surface area contributed by atoms with Crippen LogP contribution in [0.2, 0.25) is 0 Å². The van der Waals surface area contributed by atoms with Crippen LogP contribution >= 0.6 is 0 Å². The van der Waals surface area contributed by atoms with Gasteiger partial charge in [-0.1, -0.05) is 18.2 Å². The van der Waals surface area contributed by atoms with Crippen molar-refractivity contribution in [3.63, 3.8) is 0 Å². The Hall–Kier alpha value is -1.13. The number of aliphatic hydroxyl groups excluding tert-OH is 2. The number of aliphatic hydroxyl groups is 2. The van der Waals surface area contributed by atoms with Crippen molar-refractivity contribution in [1.29, 1.82) is 0 Å². The maximum atomic E-state index is 10.9. The minimum absolute atomic E-state index is 0.375. The van der Waals surface area contributed by atoms with Crippen LogP contribution in [0.4, 0.5) is 0 Å². The second kappa shape index (κ2) is 7.52. The smallest absolute Gasteiger partial charge is 0.331 e. The lowest BCUT2D eigenvalue weighted by Crippen LogP contribution is -2.24. The van der Waals surface area contributed by atoms with Gasteiger partial charge < -0.3 is 14.9 Å². The zero-order valence-electron chi connectivity index (χ0n) is 7.51. The lowest BCUT2D eigenvalue weighted by Gasteiger charge is -2.09. The first-order valence-electron chi connectivity index (χ1n) is 3.96. The topological polar surface area (TPSA) is 66.8 Å². The first-order valence-corrected chi connectivity index (χ1v) is 3.96. The van der Waals surface area contributed by atoms with E-state index in [1.807, 2.05) is 6.92 Å². The lowest BCUT2D eigenvalue weighted by molar-refractivity contribution is -0.147. The van der Waals surface area contributed by atoms with Crippen LogP contribution in [0.25, 0.3) is 0 Å². The fraction of sp³-hybridized carbons (Fsp3) is 0.444. The van der Waals surface area contributed by atoms with E-state index in [1.54, 1.807) is 12.2 Å². The average molecular weight is 186 g/mol. The van der Waals surface area contributed by atoms with Crippen molar-refractivity contribution in [2.24, 2.45) is 0 Å². The van der Waals surface area contributed by atoms with E-state index in [0.29, 0.717) is 0 Å². The number of allylic oxidation sites excluding steroid dienone is 3. The summed E-state index contributed by atoms with van der Waals surface area (Å²) in [4.78, 5) is 10.9. The van der Waals surface area contributed by atoms with Crippen LogP contribution in [0.5, 0.6) is 0 Å². The van der Waals surface area contributed by atoms with Gasteiger partial charge in [0, 0.05) is 6.08 Å². The van der Waals surface area contributed by atoms with Gasteiger partial charge in [-0.15, -0.1) is 0 Å². The van der Waals surface area contributed by atoms with E-state index in [1.165, 1.54) is 12.2 Å². The largest absolute Gasteiger partial charge is 0.454 e. The summed E-state index contributed by atoms with van der Waals surface area (Å²) >= 11 is 0. The predicted octanol–water partition coefficient (Wildman–Crippen LogP) is 0.0151. The Morgan fingerprint density at radius 1 is 1.38 bits per heavy atom. The molecule has 4 heteroatoms. The van der Waals surface area contributed by atoms with E-state index >= 15 is 0 Å². The summed E-state index contributed by atoms with van der Waals surface area (Å²) in [5.74, 6) is -0.578. The lowest BCUT2D eigenvalue weighted by atomic mass is 10.4. The zero-order valence-corrected chi connectivity index (χ0v) is 7.51. The Labute approximate surface area is 77.1 Å². The van der Waals surface area contributed by atoms with Crippen LogP contribution in [0.15, 0.2) is 24.3 Å². The fourth-order valence-corrected chi connectivity index (χ4v) is 0.581. The van der Waals surface area contributed by atoms with E-state index in [0.717, 1.165) is 0 Å². The van der Waals surface area contributed by atoms with Crippen LogP contribution in [0.3, 0.4) is 0 Å². The number of hydrogen-bond donors (Lipinski definition) is 2. The molecule has 0 saturated heterocycles. The maximum absolute atomic E-state index is 10.9. The van der Waals surface area contributed by atoms with E-state index < -0.39 is 12.1 Å². The molecule has 0 bridgehead atoms. The minimum Gasteiger partial charge on any atom is -0.454 e. The van der Waals surface area contributed by atoms with E-state index in [2.05, 4.69) is 4.74 Å². The number of rotatable bonds is 5. The second-order valence-electron chi connectivity index (χ2n) is 2.31. The first-order chi connectivity index (χ1) is 6.24. The highest BCUT2D eigenvalue weighted by molar-refractivity contribution is 5.82. The fourth-order valence-electron chi connectivity index (χ4n) is 0.581. The van der Waals surface area contributed by atoms with Crippen molar-refractivity contribution in [1.82, 2.24) is 0 Å². The highest BCUT2D eigenvalue weighted by atomic mass is 16.6. The molecule has 13 heavy (non-hydrogen) atoms. The summed E-state index contributed by atoms with van der Waals surface area (Å²) in [6.07, 6.45) is 5.35. The minimum atomic E-state index is -0.831. The molecule has 0 heterocycles. The standard InChI is InChI=1S/C9H14O4/c1-2-3-4-5-9(12)13-8(6-10)7-11/h2-5,8,10-11H,6-7H2,1H3/b3-2+,5-4+. The molecule has 4 nitrogen and oxygen atoms in total. The predicted molar refractivity (Wildman–Crippen MR) is 48.0 cm³/mol. The van der Waals surface area contributed by atoms with Crippen LogP contribution < -0.4 is 0 Å². The van der Waals surface area contributed by atoms with Gasteiger partial charge in [-0.2, -0.15) is 0 Å². The molecule has 0 fully saturated rings. The molecular formula is C9H14O4. The molecule has 0 saturated carbocycles. The summed E-state index contributed by atoms with van der Waals surface area (Å²) in [7, 11) is 0. The van der Waals surface area contributed by atoms with Gasteiger partial charge in [-0.25, -0.2) is 4.79 Å². The van der Waals surface area contributed by atoms with Gasteiger partial charge >= 0.3 is 5.97 Å². The third-order valence-corrected chi connectivity index (χ3v) is 1.23. The molecule has 0 aromatic heterocycles. The molecule has 0 amide bonds. The summed E-state index contributed by atoms with van der Waals surface area (Å²) < 4.78 is 4.64. The highest BCUT2D eigenvalue weighted by Gasteiger charge is 2.08. The Bertz CT molecular complexity index is 192. The van der Waals surface area contributed by atoms with Crippen molar-refractivity contribution < 1.29 is 19.7 Å². The monoisotopic (exact) mass is 186 g/mol. The summed E-state index contributed by atoms with van der Waals surface area (Å²) in [5.41, 5.74) is 0. The molecule has 0 aromatic rings. The van der Waals surface area contributed by atoms with Gasteiger partial charge in [0.25, 0.3) is 0 Å². The molecule has 0 rings (SSSR count). The SMILES string of the molecule is C/C=C/C=C/C(=O)OC(CO)CO. The number of esters is 1. The maximum Gasteiger partial charge on any atom is 0.331 e. The molecule has 0 aliphatic carbocycles. The third kappa shape index (κ3) is 6.07. The van der Waals surface area contributed by atoms with Gasteiger partial charge in [-0.05, 0) is 6.92 Å². The average Bonchev–Trinajstić information content (AvgIpc) is 2.14. The number of hydrogen-bond acceptors (Lipinski definition) is 4. The molecule has 0 aromatic carbocycles. The van der Waals surface area contributed by atoms with Gasteiger partial charge in [0.1, 0.15) is 6.10 Å².